The van der Waals surface area contributed by atoms with Gasteiger partial charge in [-0.15, -0.1) is 0 Å². The summed E-state index contributed by atoms with van der Waals surface area (Å²) in [4.78, 5) is 57.3. The van der Waals surface area contributed by atoms with E-state index in [1.165, 1.54) is 13.8 Å². The molecule has 0 aromatic heterocycles. The van der Waals surface area contributed by atoms with Gasteiger partial charge in [-0.1, -0.05) is 50.0 Å². The molecular weight excluding hydrogens is 1390 g/mol. The Kier molecular flexibility index (Phi) is 27.3. The summed E-state index contributed by atoms with van der Waals surface area (Å²) in [5, 5.41) is 14.1. The van der Waals surface area contributed by atoms with Gasteiger partial charge in [0.05, 0.1) is 36.2 Å². The summed E-state index contributed by atoms with van der Waals surface area (Å²) in [7, 11) is -18.3. The molecule has 0 fully saturated rings. The molecule has 0 aliphatic heterocycles. The number of rotatable bonds is 36. The Morgan fingerprint density at radius 1 is 0.474 bits per heavy atom. The van der Waals surface area contributed by atoms with Gasteiger partial charge < -0.3 is 29.7 Å². The van der Waals surface area contributed by atoms with Crippen LogP contribution in [0, 0.1) is 91.5 Å². The number of amides is 3. The second-order valence-electron chi connectivity index (χ2n) is 22.9. The minimum atomic E-state index is -5.67. The van der Waals surface area contributed by atoms with E-state index in [2.05, 4.69) is 31.3 Å². The number of ether oxygens (including phenoxy) is 1. The highest BCUT2D eigenvalue weighted by molar-refractivity contribution is 7.90. The zero-order valence-electron chi connectivity index (χ0n) is 51.0. The van der Waals surface area contributed by atoms with Crippen LogP contribution < -0.4 is 30.1 Å². The molecule has 3 rings (SSSR count). The summed E-state index contributed by atoms with van der Waals surface area (Å²) in [5.74, 6) is -35.4. The fourth-order valence-corrected chi connectivity index (χ4v) is 13.8. The number of quaternary nitrogens is 1. The van der Waals surface area contributed by atoms with Crippen LogP contribution in [0.3, 0.4) is 0 Å². The summed E-state index contributed by atoms with van der Waals surface area (Å²) >= 11 is 0. The van der Waals surface area contributed by atoms with Crippen LogP contribution in [0.4, 0.5) is 69.7 Å². The zero-order valence-corrected chi connectivity index (χ0v) is 54.2. The van der Waals surface area contributed by atoms with Crippen molar-refractivity contribution in [2.75, 3.05) is 78.8 Å². The molecule has 46 heteroatoms. The van der Waals surface area contributed by atoms with Crippen LogP contribution in [0.1, 0.15) is 73.6 Å². The molecule has 0 aliphatic rings. The summed E-state index contributed by atoms with van der Waals surface area (Å²) < 4.78 is 300. The normalized spacial score (nSPS) is 14.2. The first kappa shape index (κ1) is 81.5. The number of benzene rings is 3. The molecule has 3 atom stereocenters. The molecule has 3 amide bonds. The van der Waals surface area contributed by atoms with Crippen LogP contribution >= 0.6 is 0 Å². The molecule has 0 saturated heterocycles. The van der Waals surface area contributed by atoms with Crippen LogP contribution in [0.15, 0.2) is 30.0 Å². The first-order valence-corrected chi connectivity index (χ1v) is 33.1. The minimum absolute atomic E-state index is 0.0209. The highest BCUT2D eigenvalue weighted by Gasteiger charge is 2.52. The van der Waals surface area contributed by atoms with E-state index >= 15 is 0 Å². The van der Waals surface area contributed by atoms with Crippen LogP contribution in [0.2, 0.25) is 0 Å². The molecule has 0 radical (unpaired) electrons. The first-order chi connectivity index (χ1) is 43.5. The van der Waals surface area contributed by atoms with E-state index in [-0.39, 0.29) is 30.4 Å². The average Bonchev–Trinajstić information content (AvgIpc) is 0.791. The fourth-order valence-electron chi connectivity index (χ4n) is 9.78. The quantitative estimate of drug-likeness (QED) is 0.00395. The number of hydrogen-bond acceptors (Lipinski definition) is 17. The number of esters is 1. The zero-order chi connectivity index (χ0) is 73.0. The smallest absolute Gasteiger partial charge is 0.312 e. The third kappa shape index (κ3) is 19.9. The molecule has 6 N–H and O–H groups in total. The van der Waals surface area contributed by atoms with Gasteiger partial charge in [0.2, 0.25) is 47.8 Å². The van der Waals surface area contributed by atoms with Gasteiger partial charge in [0.1, 0.15) is 30.2 Å². The van der Waals surface area contributed by atoms with E-state index in [0.717, 1.165) is 27.7 Å². The van der Waals surface area contributed by atoms with Gasteiger partial charge >= 0.3 is 5.97 Å². The molecule has 0 aliphatic carbocycles. The number of carbonyl (C=O) groups is 4. The van der Waals surface area contributed by atoms with Crippen molar-refractivity contribution < 1.29 is 119 Å². The fraction of sp³-hybridized carbons (Fsp3) is 0.551. The van der Waals surface area contributed by atoms with E-state index in [0.29, 0.717) is 0 Å². The van der Waals surface area contributed by atoms with Crippen molar-refractivity contribution in [2.24, 2.45) is 37.0 Å². The maximum atomic E-state index is 15.0. The van der Waals surface area contributed by atoms with Crippen molar-refractivity contribution in [2.45, 2.75) is 88.3 Å². The molecule has 0 heterocycles. The van der Waals surface area contributed by atoms with Gasteiger partial charge in [-0.3, -0.25) is 19.2 Å². The largest absolute Gasteiger partial charge is 0.748 e. The molecule has 3 aromatic rings. The summed E-state index contributed by atoms with van der Waals surface area (Å²) in [6.07, 6.45) is -2.86. The van der Waals surface area contributed by atoms with Crippen LogP contribution in [0.5, 0.6) is 0 Å². The van der Waals surface area contributed by atoms with E-state index in [9.17, 15) is 110 Å². The molecule has 528 valence electrons. The third-order valence-electron chi connectivity index (χ3n) is 14.4. The number of halogens is 12. The lowest BCUT2D eigenvalue weighted by Gasteiger charge is -2.44. The lowest BCUT2D eigenvalue weighted by atomic mass is 9.60. The highest BCUT2D eigenvalue weighted by atomic mass is 32.2. The molecule has 0 bridgehead atoms. The number of sulfonamides is 3. The predicted octanol–water partition coefficient (Wildman–Crippen LogP) is 6.95. The summed E-state index contributed by atoms with van der Waals surface area (Å²) in [5.41, 5.74) is 11.5. The molecular formula is C49H60F12N16O14S4. The number of carbonyl (C=O) groups excluding carboxylic acids is 4. The van der Waals surface area contributed by atoms with Crippen molar-refractivity contribution in [3.05, 3.63) is 101 Å². The van der Waals surface area contributed by atoms with Gasteiger partial charge in [-0.25, -0.2) is 101 Å². The molecule has 3 unspecified atom stereocenters. The maximum Gasteiger partial charge on any atom is 0.312 e. The Morgan fingerprint density at radius 3 is 1.06 bits per heavy atom. The third-order valence-corrected chi connectivity index (χ3v) is 19.6. The second-order valence-corrected chi connectivity index (χ2v) is 29.5. The average molecular weight is 1450 g/mol. The van der Waals surface area contributed by atoms with E-state index < -0.39 is 258 Å². The number of azide groups is 3. The lowest BCUT2D eigenvalue weighted by molar-refractivity contribution is -0.890. The monoisotopic (exact) mass is 1450 g/mol. The summed E-state index contributed by atoms with van der Waals surface area (Å²) in [6.45, 7) is 0.684. The molecule has 30 nitrogen and oxygen atoms in total. The predicted molar refractivity (Wildman–Crippen MR) is 304 cm³/mol. The van der Waals surface area contributed by atoms with Crippen molar-refractivity contribution in [3.63, 3.8) is 0 Å². The topological polar surface area (TPSA) is 456 Å². The van der Waals surface area contributed by atoms with Gasteiger partial charge in [0.15, 0.2) is 84.5 Å². The Bertz CT molecular complexity index is 4060. The number of hydrogen-bond donors (Lipinski definition) is 6. The van der Waals surface area contributed by atoms with Crippen LogP contribution in [0.25, 0.3) is 31.3 Å². The van der Waals surface area contributed by atoms with E-state index in [1.807, 2.05) is 14.7 Å². The van der Waals surface area contributed by atoms with E-state index in [1.54, 1.807) is 28.3 Å². The second kappa shape index (κ2) is 31.9. The molecule has 95 heavy (non-hydrogen) atoms. The lowest BCUT2D eigenvalue weighted by Crippen LogP contribution is -2.53. The molecule has 3 aromatic carbocycles. The number of nitrogens with zero attached hydrogens (tertiary/aromatic N) is 10. The van der Waals surface area contributed by atoms with Gasteiger partial charge in [-0.2, -0.15) is 0 Å². The molecule has 0 saturated carbocycles. The summed E-state index contributed by atoms with van der Waals surface area (Å²) in [6, 6.07) is 0. The van der Waals surface area contributed by atoms with Crippen LogP contribution in [-0.4, -0.2) is 145 Å². The first-order valence-electron chi connectivity index (χ1n) is 27.0. The van der Waals surface area contributed by atoms with Crippen molar-refractivity contribution in [1.82, 2.24) is 30.1 Å². The Morgan fingerprint density at radius 2 is 0.768 bits per heavy atom. The maximum absolute atomic E-state index is 15.0. The van der Waals surface area contributed by atoms with Crippen molar-refractivity contribution in [3.8, 4) is 0 Å². The number of nitrogens with one attached hydrogen (secondary N) is 6. The Hall–Kier alpha value is -7.77. The van der Waals surface area contributed by atoms with Gasteiger partial charge in [-0.05, 0) is 49.2 Å². The SMILES string of the molecule is CCC(C)(CC(C)(CC(C)(CC(C)(C)C(=O)NCCNS(=O)(=O)c1c(F)c(F)c(N=[N+]=[N-])c(F)c1F)C(=O)NCCNS(=O)(=O)c1c(F)c(F)c(N=[N+]=[N-])c(F)c1F)C(=O)NCCNS(=O)(=O)c1c(F)c(F)c(N=[N+]=[N-])c(F)c1F)C(=O)OCC[N+](C)(C)CCCS(=O)(=O)[O-]. The van der Waals surface area contributed by atoms with Crippen molar-refractivity contribution >= 4 is 80.9 Å². The molecule has 0 spiro atoms. The van der Waals surface area contributed by atoms with Crippen molar-refractivity contribution in [1.29, 1.82) is 0 Å². The van der Waals surface area contributed by atoms with Gasteiger partial charge in [0, 0.05) is 82.4 Å². The van der Waals surface area contributed by atoms with Crippen LogP contribution in [-0.2, 0) is 64.1 Å². The Labute approximate surface area is 533 Å². The highest BCUT2D eigenvalue weighted by Crippen LogP contribution is 2.49. The standard InChI is InChI=1S/C49H60F12N16O14S4/c1-9-47(4,45(81)91-19-18-77(7,8)17-10-20-92(82,83)84)22-49(6,44(80)67-13-16-70-95(89,90)41-34(60)28(54)38(73-76-64)29(55)35(41)61)23-48(5,43(79)66-12-15-69-94(87,88)40-32(58)26(52)37(72-75-63)27(53)33(40)59)21-46(2,3)42(78)65-11-14-68-93(85,86)39-30(56)24(50)36(71-74-62)25(51)31(39)57/h68-70H,9-23H2,1-8H3,(H3-,65,66,67,78,79,80,82,83,84). The van der Waals surface area contributed by atoms with E-state index in [4.69, 9.17) is 21.3 Å². The Balaban J connectivity index is 2.17. The number of likely N-dealkylation sites (N-methyl/N-ethyl adjacent to an activating group) is 1. The van der Waals surface area contributed by atoms with Gasteiger partial charge in [0.25, 0.3) is 0 Å². The minimum Gasteiger partial charge on any atom is -0.748 e.